The first-order valence-corrected chi connectivity index (χ1v) is 8.43. The van der Waals surface area contributed by atoms with Crippen LogP contribution >= 0.6 is 23.2 Å². The van der Waals surface area contributed by atoms with Gasteiger partial charge in [-0.05, 0) is 36.4 Å². The van der Waals surface area contributed by atoms with Crippen LogP contribution in [-0.2, 0) is 6.18 Å². The Kier molecular flexibility index (Phi) is 4.08. The molecular weight excluding hydrogens is 388 g/mol. The van der Waals surface area contributed by atoms with Gasteiger partial charge >= 0.3 is 6.18 Å². The van der Waals surface area contributed by atoms with Crippen molar-refractivity contribution in [2.24, 2.45) is 9.98 Å². The standard InChI is InChI=1S/C17H11Cl2F3N4/c18-10-7-12(19)14-13(8-10)25-15(16-23-5-6-26(14)16)24-11-3-1-9(2-4-11)17(20,21)22/h1-4,7-8H,5-6H2,(H,24,25). The van der Waals surface area contributed by atoms with E-state index in [1.54, 1.807) is 12.1 Å². The van der Waals surface area contributed by atoms with Crippen LogP contribution in [0, 0.1) is 0 Å². The third kappa shape index (κ3) is 3.01. The van der Waals surface area contributed by atoms with Gasteiger partial charge in [-0.3, -0.25) is 4.99 Å². The van der Waals surface area contributed by atoms with Crippen LogP contribution in [0.3, 0.4) is 0 Å². The molecule has 2 aliphatic rings. The minimum Gasteiger partial charge on any atom is -0.337 e. The molecule has 4 nitrogen and oxygen atoms in total. The van der Waals surface area contributed by atoms with Gasteiger partial charge in [0.25, 0.3) is 0 Å². The van der Waals surface area contributed by atoms with Crippen LogP contribution in [-0.4, -0.2) is 24.8 Å². The fourth-order valence-electron chi connectivity index (χ4n) is 2.91. The molecule has 0 atom stereocenters. The quantitative estimate of drug-likeness (QED) is 0.699. The molecule has 0 saturated carbocycles. The minimum atomic E-state index is -4.38. The number of nitrogens with one attached hydrogen (secondary N) is 1. The smallest absolute Gasteiger partial charge is 0.337 e. The molecule has 2 aliphatic heterocycles. The predicted octanol–water partition coefficient (Wildman–Crippen LogP) is 5.39. The van der Waals surface area contributed by atoms with Gasteiger partial charge in [-0.2, -0.15) is 13.2 Å². The molecule has 2 aromatic rings. The SMILES string of the molecule is FC(F)(F)c1ccc(NC2=Nc3cc(Cl)cc(Cl)c3N3CCN=C23)cc1. The van der Waals surface area contributed by atoms with Gasteiger partial charge < -0.3 is 10.2 Å². The average molecular weight is 399 g/mol. The van der Waals surface area contributed by atoms with Crippen LogP contribution in [0.25, 0.3) is 0 Å². The van der Waals surface area contributed by atoms with Crippen molar-refractivity contribution in [3.63, 3.8) is 0 Å². The lowest BCUT2D eigenvalue weighted by molar-refractivity contribution is -0.137. The largest absolute Gasteiger partial charge is 0.416 e. The second kappa shape index (κ2) is 6.17. The number of rotatable bonds is 1. The molecule has 1 N–H and O–H groups in total. The van der Waals surface area contributed by atoms with Gasteiger partial charge in [0.15, 0.2) is 11.7 Å². The molecule has 4 rings (SSSR count). The van der Waals surface area contributed by atoms with E-state index in [9.17, 15) is 13.2 Å². The number of aliphatic imine (C=N–C) groups is 2. The molecule has 0 aliphatic carbocycles. The Balaban J connectivity index is 1.70. The molecule has 0 amide bonds. The van der Waals surface area contributed by atoms with Crippen LogP contribution < -0.4 is 10.2 Å². The number of hydrogen-bond donors (Lipinski definition) is 1. The lowest BCUT2D eigenvalue weighted by Gasteiger charge is -2.28. The number of alkyl halides is 3. The highest BCUT2D eigenvalue weighted by molar-refractivity contribution is 6.52. The van der Waals surface area contributed by atoms with Gasteiger partial charge in [-0.15, -0.1) is 0 Å². The molecule has 0 spiro atoms. The Morgan fingerprint density at radius 3 is 2.50 bits per heavy atom. The van der Waals surface area contributed by atoms with Crippen LogP contribution in [0.2, 0.25) is 10.0 Å². The highest BCUT2D eigenvalue weighted by Crippen LogP contribution is 2.42. The maximum Gasteiger partial charge on any atom is 0.416 e. The molecule has 26 heavy (non-hydrogen) atoms. The van der Waals surface area contributed by atoms with E-state index < -0.39 is 11.7 Å². The average Bonchev–Trinajstić information content (AvgIpc) is 3.03. The summed E-state index contributed by atoms with van der Waals surface area (Å²) in [5.41, 5.74) is 1.07. The topological polar surface area (TPSA) is 40.0 Å². The van der Waals surface area contributed by atoms with Crippen molar-refractivity contribution in [3.05, 3.63) is 52.0 Å². The molecule has 2 heterocycles. The number of amidine groups is 2. The van der Waals surface area contributed by atoms with E-state index in [-0.39, 0.29) is 0 Å². The molecule has 0 bridgehead atoms. The van der Waals surface area contributed by atoms with E-state index in [2.05, 4.69) is 15.3 Å². The normalized spacial score (nSPS) is 16.0. The van der Waals surface area contributed by atoms with E-state index in [1.165, 1.54) is 12.1 Å². The van der Waals surface area contributed by atoms with Gasteiger partial charge in [0.1, 0.15) is 0 Å². The van der Waals surface area contributed by atoms with Gasteiger partial charge in [-0.1, -0.05) is 23.2 Å². The zero-order valence-corrected chi connectivity index (χ0v) is 14.6. The highest BCUT2D eigenvalue weighted by atomic mass is 35.5. The van der Waals surface area contributed by atoms with Crippen molar-refractivity contribution in [1.82, 2.24) is 0 Å². The molecule has 0 unspecified atom stereocenters. The minimum absolute atomic E-state index is 0.438. The lowest BCUT2D eigenvalue weighted by atomic mass is 10.2. The highest BCUT2D eigenvalue weighted by Gasteiger charge is 2.32. The summed E-state index contributed by atoms with van der Waals surface area (Å²) in [6.45, 7) is 1.21. The predicted molar refractivity (Wildman–Crippen MR) is 98.3 cm³/mol. The van der Waals surface area contributed by atoms with Crippen LogP contribution in [0.5, 0.6) is 0 Å². The molecule has 134 valence electrons. The van der Waals surface area contributed by atoms with Crippen molar-refractivity contribution >= 4 is 51.9 Å². The fraction of sp³-hybridized carbons (Fsp3) is 0.176. The fourth-order valence-corrected chi connectivity index (χ4v) is 3.49. The monoisotopic (exact) mass is 398 g/mol. The maximum atomic E-state index is 12.7. The molecule has 9 heteroatoms. The second-order valence-corrected chi connectivity index (χ2v) is 6.62. The Labute approximate surface area is 157 Å². The summed E-state index contributed by atoms with van der Waals surface area (Å²) >= 11 is 12.4. The van der Waals surface area contributed by atoms with Gasteiger partial charge in [0, 0.05) is 17.3 Å². The van der Waals surface area contributed by atoms with Crippen molar-refractivity contribution in [3.8, 4) is 0 Å². The first-order valence-electron chi connectivity index (χ1n) is 7.67. The Hall–Kier alpha value is -2.25. The van der Waals surface area contributed by atoms with Crippen molar-refractivity contribution in [2.75, 3.05) is 23.3 Å². The summed E-state index contributed by atoms with van der Waals surface area (Å²) in [4.78, 5) is 10.9. The number of hydrogen-bond acceptors (Lipinski definition) is 4. The summed E-state index contributed by atoms with van der Waals surface area (Å²) in [6, 6.07) is 8.06. The number of fused-ring (bicyclic) bond motifs is 3. The van der Waals surface area contributed by atoms with E-state index in [0.717, 1.165) is 17.8 Å². The molecule has 0 aromatic heterocycles. The third-order valence-corrected chi connectivity index (χ3v) is 4.54. The summed E-state index contributed by atoms with van der Waals surface area (Å²) in [5.74, 6) is 1.04. The molecule has 0 fully saturated rings. The van der Waals surface area contributed by atoms with Crippen molar-refractivity contribution < 1.29 is 13.2 Å². The first-order chi connectivity index (χ1) is 12.3. The van der Waals surface area contributed by atoms with Crippen LogP contribution in [0.4, 0.5) is 30.2 Å². The molecular formula is C17H11Cl2F3N4. The first kappa shape index (κ1) is 17.2. The number of halogens is 5. The second-order valence-electron chi connectivity index (χ2n) is 5.77. The number of anilines is 2. The van der Waals surface area contributed by atoms with E-state index in [1.807, 2.05) is 4.90 Å². The van der Waals surface area contributed by atoms with Crippen LogP contribution in [0.1, 0.15) is 5.56 Å². The van der Waals surface area contributed by atoms with E-state index in [0.29, 0.717) is 46.2 Å². The summed E-state index contributed by atoms with van der Waals surface area (Å²) in [5, 5.41) is 3.96. The summed E-state index contributed by atoms with van der Waals surface area (Å²) < 4.78 is 38.1. The number of nitrogens with zero attached hydrogens (tertiary/aromatic N) is 3. The Bertz CT molecular complexity index is 936. The van der Waals surface area contributed by atoms with E-state index >= 15 is 0 Å². The summed E-state index contributed by atoms with van der Waals surface area (Å²) in [7, 11) is 0. The van der Waals surface area contributed by atoms with Crippen molar-refractivity contribution in [2.45, 2.75) is 6.18 Å². The molecule has 0 radical (unpaired) electrons. The van der Waals surface area contributed by atoms with Crippen molar-refractivity contribution in [1.29, 1.82) is 0 Å². The molecule has 2 aromatic carbocycles. The van der Waals surface area contributed by atoms with Gasteiger partial charge in [-0.25, -0.2) is 4.99 Å². The molecule has 0 saturated heterocycles. The van der Waals surface area contributed by atoms with Crippen LogP contribution in [0.15, 0.2) is 46.4 Å². The lowest BCUT2D eigenvalue weighted by Crippen LogP contribution is -2.39. The zero-order valence-electron chi connectivity index (χ0n) is 13.1. The number of benzene rings is 2. The van der Waals surface area contributed by atoms with Gasteiger partial charge in [0.2, 0.25) is 0 Å². The van der Waals surface area contributed by atoms with E-state index in [4.69, 9.17) is 23.2 Å². The summed E-state index contributed by atoms with van der Waals surface area (Å²) in [6.07, 6.45) is -4.38. The third-order valence-electron chi connectivity index (χ3n) is 4.04. The maximum absolute atomic E-state index is 12.7. The Morgan fingerprint density at radius 1 is 1.08 bits per heavy atom. The zero-order chi connectivity index (χ0) is 18.5. The Morgan fingerprint density at radius 2 is 1.81 bits per heavy atom. The van der Waals surface area contributed by atoms with Gasteiger partial charge in [0.05, 0.1) is 28.5 Å².